The second-order valence-electron chi connectivity index (χ2n) is 5.62. The van der Waals surface area contributed by atoms with Gasteiger partial charge >= 0.3 is 5.97 Å². The molecule has 2 aromatic heterocycles. The van der Waals surface area contributed by atoms with Crippen LogP contribution in [0.15, 0.2) is 36.0 Å². The highest BCUT2D eigenvalue weighted by Crippen LogP contribution is 2.26. The highest BCUT2D eigenvalue weighted by Gasteiger charge is 2.15. The fourth-order valence-corrected chi connectivity index (χ4v) is 3.71. The number of nitrogens with one attached hydrogen (secondary N) is 1. The quantitative estimate of drug-likeness (QED) is 0.628. The van der Waals surface area contributed by atoms with Crippen LogP contribution in [0, 0.1) is 0 Å². The number of rotatable bonds is 6. The van der Waals surface area contributed by atoms with E-state index in [-0.39, 0.29) is 19.1 Å². The van der Waals surface area contributed by atoms with Crippen LogP contribution in [0.25, 0.3) is 4.96 Å². The first-order valence-electron chi connectivity index (χ1n) is 7.73. The molecular weight excluding hydrogens is 397 g/mol. The lowest BCUT2D eigenvalue weighted by molar-refractivity contribution is -0.148. The largest absolute Gasteiger partial charge is 0.455 e. The van der Waals surface area contributed by atoms with E-state index in [4.69, 9.17) is 27.9 Å². The van der Waals surface area contributed by atoms with Gasteiger partial charge < -0.3 is 10.1 Å². The van der Waals surface area contributed by atoms with Crippen LogP contribution in [0.4, 0.5) is 0 Å². The van der Waals surface area contributed by atoms with E-state index in [2.05, 4.69) is 10.3 Å². The Morgan fingerprint density at radius 1 is 1.38 bits per heavy atom. The molecule has 9 heteroatoms. The van der Waals surface area contributed by atoms with Crippen LogP contribution in [-0.2, 0) is 20.7 Å². The topological polar surface area (TPSA) is 72.7 Å². The van der Waals surface area contributed by atoms with Crippen molar-refractivity contribution in [3.8, 4) is 0 Å². The van der Waals surface area contributed by atoms with Crippen molar-refractivity contribution in [2.24, 2.45) is 0 Å². The summed E-state index contributed by atoms with van der Waals surface area (Å²) in [7, 11) is 0. The maximum atomic E-state index is 12.0. The van der Waals surface area contributed by atoms with Crippen LogP contribution in [0.5, 0.6) is 0 Å². The van der Waals surface area contributed by atoms with Crippen LogP contribution in [0.1, 0.15) is 24.2 Å². The van der Waals surface area contributed by atoms with E-state index in [1.807, 2.05) is 16.0 Å². The van der Waals surface area contributed by atoms with E-state index in [1.54, 1.807) is 31.3 Å². The predicted octanol–water partition coefficient (Wildman–Crippen LogP) is 3.67. The molecule has 0 aliphatic carbocycles. The maximum absolute atomic E-state index is 12.0. The SMILES string of the molecule is C[C@@H](NC(=O)COC(=O)Cc1cn2ccsc2n1)c1ccc(Cl)cc1Cl. The minimum atomic E-state index is -0.511. The average molecular weight is 412 g/mol. The van der Waals surface area contributed by atoms with Crippen molar-refractivity contribution in [2.45, 2.75) is 19.4 Å². The summed E-state index contributed by atoms with van der Waals surface area (Å²) in [6.45, 7) is 1.42. The van der Waals surface area contributed by atoms with E-state index in [1.165, 1.54) is 11.3 Å². The Hall–Kier alpha value is -2.09. The maximum Gasteiger partial charge on any atom is 0.312 e. The lowest BCUT2D eigenvalue weighted by atomic mass is 10.1. The molecular formula is C17H15Cl2N3O3S. The number of carbonyl (C=O) groups is 2. The number of halogens is 2. The first-order chi connectivity index (χ1) is 12.4. The summed E-state index contributed by atoms with van der Waals surface area (Å²) < 4.78 is 6.85. The molecule has 0 saturated heterocycles. The molecule has 0 saturated carbocycles. The Bertz CT molecular complexity index is 925. The first-order valence-corrected chi connectivity index (χ1v) is 9.37. The zero-order valence-corrected chi connectivity index (χ0v) is 16.1. The van der Waals surface area contributed by atoms with Crippen molar-refractivity contribution < 1.29 is 14.3 Å². The van der Waals surface area contributed by atoms with Crippen LogP contribution >= 0.6 is 34.5 Å². The fourth-order valence-electron chi connectivity index (χ4n) is 2.42. The lowest BCUT2D eigenvalue weighted by Crippen LogP contribution is -2.31. The number of ether oxygens (including phenoxy) is 1. The van der Waals surface area contributed by atoms with Gasteiger partial charge in [-0.05, 0) is 24.6 Å². The van der Waals surface area contributed by atoms with E-state index < -0.39 is 11.9 Å². The molecule has 1 amide bonds. The van der Waals surface area contributed by atoms with Crippen molar-refractivity contribution in [3.63, 3.8) is 0 Å². The third kappa shape index (κ3) is 4.55. The second kappa shape index (κ2) is 8.07. The smallest absolute Gasteiger partial charge is 0.312 e. The Morgan fingerprint density at radius 3 is 2.92 bits per heavy atom. The van der Waals surface area contributed by atoms with E-state index >= 15 is 0 Å². The predicted molar refractivity (Wildman–Crippen MR) is 101 cm³/mol. The molecule has 1 N–H and O–H groups in total. The van der Waals surface area contributed by atoms with Crippen molar-refractivity contribution in [2.75, 3.05) is 6.61 Å². The van der Waals surface area contributed by atoms with Gasteiger partial charge in [0.25, 0.3) is 5.91 Å². The van der Waals surface area contributed by atoms with Gasteiger partial charge in [-0.2, -0.15) is 0 Å². The Kier molecular flexibility index (Phi) is 5.80. The Labute approximate surface area is 163 Å². The molecule has 0 fully saturated rings. The Balaban J connectivity index is 1.48. The molecule has 0 radical (unpaired) electrons. The summed E-state index contributed by atoms with van der Waals surface area (Å²) in [6, 6.07) is 4.70. The molecule has 26 heavy (non-hydrogen) atoms. The van der Waals surface area contributed by atoms with Gasteiger partial charge in [-0.3, -0.25) is 14.0 Å². The number of imidazole rings is 1. The molecule has 0 bridgehead atoms. The zero-order chi connectivity index (χ0) is 18.7. The molecule has 0 spiro atoms. The molecule has 3 aromatic rings. The van der Waals surface area contributed by atoms with Crippen molar-refractivity contribution in [1.29, 1.82) is 0 Å². The standard InChI is InChI=1S/C17H15Cl2N3O3S/c1-10(13-3-2-11(18)6-14(13)19)20-15(23)9-25-16(24)7-12-8-22-4-5-26-17(22)21-12/h2-6,8,10H,7,9H2,1H3,(H,20,23)/t10-/m1/s1. The molecule has 136 valence electrons. The average Bonchev–Trinajstić information content (AvgIpc) is 3.14. The van der Waals surface area contributed by atoms with Crippen LogP contribution in [0.2, 0.25) is 10.0 Å². The third-order valence-corrected chi connectivity index (χ3v) is 4.97. The molecule has 0 aliphatic heterocycles. The van der Waals surface area contributed by atoms with E-state index in [0.717, 1.165) is 10.5 Å². The number of carbonyl (C=O) groups excluding carboxylic acids is 2. The molecule has 6 nitrogen and oxygen atoms in total. The number of aromatic nitrogens is 2. The van der Waals surface area contributed by atoms with Crippen molar-refractivity contribution in [1.82, 2.24) is 14.7 Å². The molecule has 1 aromatic carbocycles. The molecule has 0 aliphatic rings. The number of benzene rings is 1. The van der Waals surface area contributed by atoms with E-state index in [9.17, 15) is 9.59 Å². The molecule has 1 atom stereocenters. The van der Waals surface area contributed by atoms with Gasteiger partial charge in [-0.1, -0.05) is 29.3 Å². The number of fused-ring (bicyclic) bond motifs is 1. The minimum Gasteiger partial charge on any atom is -0.455 e. The van der Waals surface area contributed by atoms with Crippen LogP contribution in [-0.4, -0.2) is 27.9 Å². The summed E-state index contributed by atoms with van der Waals surface area (Å²) in [4.78, 5) is 29.0. The monoisotopic (exact) mass is 411 g/mol. The summed E-state index contributed by atoms with van der Waals surface area (Å²) in [6.07, 6.45) is 3.64. The summed E-state index contributed by atoms with van der Waals surface area (Å²) in [5.41, 5.74) is 1.33. The van der Waals surface area contributed by atoms with Gasteiger partial charge in [-0.15, -0.1) is 11.3 Å². The number of amides is 1. The van der Waals surface area contributed by atoms with Gasteiger partial charge in [-0.25, -0.2) is 4.98 Å². The summed E-state index contributed by atoms with van der Waals surface area (Å²) in [5, 5.41) is 5.62. The van der Waals surface area contributed by atoms with E-state index in [0.29, 0.717) is 15.7 Å². The zero-order valence-electron chi connectivity index (χ0n) is 13.7. The van der Waals surface area contributed by atoms with Crippen LogP contribution in [0.3, 0.4) is 0 Å². The van der Waals surface area contributed by atoms with Crippen LogP contribution < -0.4 is 5.32 Å². The number of nitrogens with zero attached hydrogens (tertiary/aromatic N) is 2. The van der Waals surface area contributed by atoms with Gasteiger partial charge in [0.05, 0.1) is 18.2 Å². The minimum absolute atomic E-state index is 0.0141. The fraction of sp³-hybridized carbons (Fsp3) is 0.235. The number of hydrogen-bond acceptors (Lipinski definition) is 5. The number of thiazole rings is 1. The summed E-state index contributed by atoms with van der Waals surface area (Å²) in [5.74, 6) is -0.925. The normalized spacial score (nSPS) is 12.1. The van der Waals surface area contributed by atoms with Gasteiger partial charge in [0.1, 0.15) is 0 Å². The van der Waals surface area contributed by atoms with Gasteiger partial charge in [0.15, 0.2) is 11.6 Å². The highest BCUT2D eigenvalue weighted by atomic mass is 35.5. The lowest BCUT2D eigenvalue weighted by Gasteiger charge is -2.16. The third-order valence-electron chi connectivity index (χ3n) is 3.64. The van der Waals surface area contributed by atoms with Gasteiger partial charge in [0, 0.05) is 27.8 Å². The van der Waals surface area contributed by atoms with Crippen molar-refractivity contribution in [3.05, 3.63) is 57.3 Å². The molecule has 0 unspecified atom stereocenters. The van der Waals surface area contributed by atoms with Gasteiger partial charge in [0.2, 0.25) is 0 Å². The number of esters is 1. The Morgan fingerprint density at radius 2 is 2.19 bits per heavy atom. The molecule has 2 heterocycles. The molecule has 3 rings (SSSR count). The summed E-state index contributed by atoms with van der Waals surface area (Å²) >= 11 is 13.5. The first kappa shape index (κ1) is 18.7. The second-order valence-corrected chi connectivity index (χ2v) is 7.33. The highest BCUT2D eigenvalue weighted by molar-refractivity contribution is 7.15. The van der Waals surface area contributed by atoms with Crippen molar-refractivity contribution >= 4 is 51.4 Å². The number of hydrogen-bond donors (Lipinski definition) is 1.